The van der Waals surface area contributed by atoms with E-state index in [9.17, 15) is 4.79 Å². The van der Waals surface area contributed by atoms with Gasteiger partial charge in [0.1, 0.15) is 6.10 Å². The smallest absolute Gasteiger partial charge is 0.251 e. The summed E-state index contributed by atoms with van der Waals surface area (Å²) in [7, 11) is 2.00. The van der Waals surface area contributed by atoms with Crippen LogP contribution in [0.3, 0.4) is 0 Å². The average molecular weight is 356 g/mol. The zero-order valence-corrected chi connectivity index (χ0v) is 15.7. The molecule has 1 aromatic carbocycles. The summed E-state index contributed by atoms with van der Waals surface area (Å²) in [6, 6.07) is 6.91. The van der Waals surface area contributed by atoms with Crippen molar-refractivity contribution in [1.29, 1.82) is 0 Å². The van der Waals surface area contributed by atoms with Crippen LogP contribution in [0, 0.1) is 6.92 Å². The van der Waals surface area contributed by atoms with Crippen molar-refractivity contribution in [1.82, 2.24) is 20.0 Å². The largest absolute Gasteiger partial charge is 0.368 e. The Morgan fingerprint density at radius 1 is 1.31 bits per heavy atom. The first kappa shape index (κ1) is 17.5. The number of amides is 1. The summed E-state index contributed by atoms with van der Waals surface area (Å²) in [5.41, 5.74) is 3.53. The summed E-state index contributed by atoms with van der Waals surface area (Å²) in [5, 5.41) is 9.56. The first-order valence-corrected chi connectivity index (χ1v) is 9.68. The number of fused-ring (bicyclic) bond motifs is 1. The van der Waals surface area contributed by atoms with Gasteiger partial charge in [0.25, 0.3) is 5.91 Å². The van der Waals surface area contributed by atoms with Gasteiger partial charge in [-0.3, -0.25) is 9.48 Å². The van der Waals surface area contributed by atoms with Gasteiger partial charge in [-0.05, 0) is 44.7 Å². The SMILES string of the molecule is Cc1ccc2c(c1)c(CNC1CCN(C(=O)[C@@H]3CCCO3)CC1)nn2C. The highest BCUT2D eigenvalue weighted by Gasteiger charge is 2.30. The van der Waals surface area contributed by atoms with Gasteiger partial charge in [-0.25, -0.2) is 0 Å². The van der Waals surface area contributed by atoms with Crippen molar-refractivity contribution in [2.75, 3.05) is 19.7 Å². The topological polar surface area (TPSA) is 59.4 Å². The number of aromatic nitrogens is 2. The summed E-state index contributed by atoms with van der Waals surface area (Å²) in [4.78, 5) is 14.4. The highest BCUT2D eigenvalue weighted by Crippen LogP contribution is 2.21. The molecule has 1 atom stereocenters. The van der Waals surface area contributed by atoms with E-state index in [1.807, 2.05) is 16.6 Å². The molecule has 0 unspecified atom stereocenters. The molecule has 4 rings (SSSR count). The molecule has 3 heterocycles. The van der Waals surface area contributed by atoms with Crippen molar-refractivity contribution >= 4 is 16.8 Å². The van der Waals surface area contributed by atoms with Crippen LogP contribution < -0.4 is 5.32 Å². The van der Waals surface area contributed by atoms with Crippen LogP contribution in [0.15, 0.2) is 18.2 Å². The van der Waals surface area contributed by atoms with E-state index in [-0.39, 0.29) is 12.0 Å². The fourth-order valence-electron chi connectivity index (χ4n) is 4.10. The molecule has 1 N–H and O–H groups in total. The van der Waals surface area contributed by atoms with Crippen LogP contribution >= 0.6 is 0 Å². The molecule has 0 bridgehead atoms. The molecule has 0 aliphatic carbocycles. The second-order valence-electron chi connectivity index (χ2n) is 7.57. The van der Waals surface area contributed by atoms with Crippen molar-refractivity contribution in [2.24, 2.45) is 7.05 Å². The number of hydrogen-bond acceptors (Lipinski definition) is 4. The van der Waals surface area contributed by atoms with Gasteiger partial charge < -0.3 is 15.0 Å². The number of carbonyl (C=O) groups is 1. The third kappa shape index (κ3) is 3.48. The summed E-state index contributed by atoms with van der Waals surface area (Å²) in [5.74, 6) is 0.187. The minimum Gasteiger partial charge on any atom is -0.368 e. The van der Waals surface area contributed by atoms with Crippen LogP contribution in [0.5, 0.6) is 0 Å². The maximum absolute atomic E-state index is 12.4. The Hall–Kier alpha value is -1.92. The summed E-state index contributed by atoms with van der Waals surface area (Å²) >= 11 is 0. The van der Waals surface area contributed by atoms with Crippen LogP contribution in [0.4, 0.5) is 0 Å². The molecule has 0 radical (unpaired) electrons. The number of piperidine rings is 1. The lowest BCUT2D eigenvalue weighted by Crippen LogP contribution is -2.47. The molecule has 2 aliphatic rings. The van der Waals surface area contributed by atoms with Crippen molar-refractivity contribution in [3.63, 3.8) is 0 Å². The quantitative estimate of drug-likeness (QED) is 0.912. The predicted octanol–water partition coefficient (Wildman–Crippen LogP) is 2.14. The van der Waals surface area contributed by atoms with Gasteiger partial charge in [0, 0.05) is 44.7 Å². The van der Waals surface area contributed by atoms with E-state index in [0.717, 1.165) is 57.6 Å². The van der Waals surface area contributed by atoms with Crippen LogP contribution in [-0.4, -0.2) is 52.4 Å². The number of aryl methyl sites for hydroxylation is 2. The molecule has 0 spiro atoms. The number of rotatable bonds is 4. The molecule has 1 amide bonds. The zero-order valence-electron chi connectivity index (χ0n) is 15.7. The van der Waals surface area contributed by atoms with Crippen LogP contribution in [0.25, 0.3) is 10.9 Å². The molecule has 2 fully saturated rings. The van der Waals surface area contributed by atoms with Gasteiger partial charge in [0.05, 0.1) is 11.2 Å². The highest BCUT2D eigenvalue weighted by molar-refractivity contribution is 5.82. The number of likely N-dealkylation sites (tertiary alicyclic amines) is 1. The fraction of sp³-hybridized carbons (Fsp3) is 0.600. The molecule has 2 aromatic rings. The van der Waals surface area contributed by atoms with Crippen molar-refractivity contribution < 1.29 is 9.53 Å². The summed E-state index contributed by atoms with van der Waals surface area (Å²) in [6.07, 6.45) is 3.67. The third-order valence-corrected chi connectivity index (χ3v) is 5.65. The summed E-state index contributed by atoms with van der Waals surface area (Å²) < 4.78 is 7.49. The van der Waals surface area contributed by atoms with E-state index >= 15 is 0 Å². The maximum Gasteiger partial charge on any atom is 0.251 e. The highest BCUT2D eigenvalue weighted by atomic mass is 16.5. The predicted molar refractivity (Wildman–Crippen MR) is 101 cm³/mol. The molecule has 0 saturated carbocycles. The lowest BCUT2D eigenvalue weighted by Gasteiger charge is -2.33. The van der Waals surface area contributed by atoms with E-state index < -0.39 is 0 Å². The van der Waals surface area contributed by atoms with E-state index in [2.05, 4.69) is 35.5 Å². The molecule has 1 aromatic heterocycles. The Morgan fingerprint density at radius 3 is 2.85 bits per heavy atom. The summed E-state index contributed by atoms with van der Waals surface area (Å²) in [6.45, 7) is 5.25. The molecular formula is C20H28N4O2. The second-order valence-corrected chi connectivity index (χ2v) is 7.57. The van der Waals surface area contributed by atoms with Gasteiger partial charge in [0.15, 0.2) is 0 Å². The molecule has 2 saturated heterocycles. The van der Waals surface area contributed by atoms with Crippen LogP contribution in [0.2, 0.25) is 0 Å². The van der Waals surface area contributed by atoms with Gasteiger partial charge in [0.2, 0.25) is 0 Å². The van der Waals surface area contributed by atoms with E-state index in [1.165, 1.54) is 16.5 Å². The Kier molecular flexibility index (Phi) is 4.96. The number of ether oxygens (including phenoxy) is 1. The molecule has 26 heavy (non-hydrogen) atoms. The lowest BCUT2D eigenvalue weighted by atomic mass is 10.0. The minimum atomic E-state index is -0.192. The molecule has 140 valence electrons. The number of carbonyl (C=O) groups excluding carboxylic acids is 1. The molecule has 6 nitrogen and oxygen atoms in total. The third-order valence-electron chi connectivity index (χ3n) is 5.65. The standard InChI is InChI=1S/C20H28N4O2/c1-14-5-6-18-16(12-14)17(22-23(18)2)13-21-15-7-9-24(10-8-15)20(25)19-4-3-11-26-19/h5-6,12,15,19,21H,3-4,7-11,13H2,1-2H3/t19-/m0/s1. The molecular weight excluding hydrogens is 328 g/mol. The maximum atomic E-state index is 12.4. The molecule has 2 aliphatic heterocycles. The minimum absolute atomic E-state index is 0.187. The van der Waals surface area contributed by atoms with Gasteiger partial charge in [-0.1, -0.05) is 11.6 Å². The molecule has 6 heteroatoms. The Balaban J connectivity index is 1.32. The van der Waals surface area contributed by atoms with Gasteiger partial charge >= 0.3 is 0 Å². The number of nitrogens with one attached hydrogen (secondary N) is 1. The van der Waals surface area contributed by atoms with E-state index in [4.69, 9.17) is 4.74 Å². The number of hydrogen-bond donors (Lipinski definition) is 1. The van der Waals surface area contributed by atoms with Gasteiger partial charge in [-0.2, -0.15) is 5.10 Å². The van der Waals surface area contributed by atoms with Crippen molar-refractivity contribution in [2.45, 2.75) is 51.3 Å². The fourth-order valence-corrected chi connectivity index (χ4v) is 4.10. The van der Waals surface area contributed by atoms with E-state index in [1.54, 1.807) is 0 Å². The zero-order chi connectivity index (χ0) is 18.1. The van der Waals surface area contributed by atoms with Crippen molar-refractivity contribution in [3.8, 4) is 0 Å². The monoisotopic (exact) mass is 356 g/mol. The van der Waals surface area contributed by atoms with E-state index in [0.29, 0.717) is 6.04 Å². The normalized spacial score (nSPS) is 21.6. The van der Waals surface area contributed by atoms with Crippen LogP contribution in [0.1, 0.15) is 36.9 Å². The van der Waals surface area contributed by atoms with Crippen molar-refractivity contribution in [3.05, 3.63) is 29.5 Å². The lowest BCUT2D eigenvalue weighted by molar-refractivity contribution is -0.142. The van der Waals surface area contributed by atoms with Crippen LogP contribution in [-0.2, 0) is 23.1 Å². The van der Waals surface area contributed by atoms with Gasteiger partial charge in [-0.15, -0.1) is 0 Å². The first-order chi connectivity index (χ1) is 12.6. The Bertz CT molecular complexity index is 786. The average Bonchev–Trinajstić information content (AvgIpc) is 3.28. The Labute approximate surface area is 154 Å². The number of benzene rings is 1. The second kappa shape index (κ2) is 7.37. The number of nitrogens with zero attached hydrogens (tertiary/aromatic N) is 3. The first-order valence-electron chi connectivity index (χ1n) is 9.68. The Morgan fingerprint density at radius 2 is 2.12 bits per heavy atom.